The number of hydrogen-bond donors (Lipinski definition) is 0. The van der Waals surface area contributed by atoms with Crippen molar-refractivity contribution in [2.75, 3.05) is 0 Å². The zero-order chi connectivity index (χ0) is 13.9. The van der Waals surface area contributed by atoms with E-state index < -0.39 is 8.32 Å². The summed E-state index contributed by atoms with van der Waals surface area (Å²) < 4.78 is 11.7. The average molecular weight is 258 g/mol. The van der Waals surface area contributed by atoms with E-state index in [0.717, 1.165) is 0 Å². The minimum absolute atomic E-state index is 0.0831. The van der Waals surface area contributed by atoms with Crippen molar-refractivity contribution in [2.45, 2.75) is 78.3 Å². The maximum absolute atomic E-state index is 5.96. The van der Waals surface area contributed by atoms with Gasteiger partial charge in [-0.15, -0.1) is 0 Å². The van der Waals surface area contributed by atoms with Crippen LogP contribution in [0.4, 0.5) is 0 Å². The van der Waals surface area contributed by atoms with Crippen molar-refractivity contribution in [3.05, 3.63) is 12.3 Å². The van der Waals surface area contributed by atoms with E-state index in [2.05, 4.69) is 54.6 Å². The molecule has 0 amide bonds. The fraction of sp³-hybridized carbons (Fsp3) is 0.857. The molecule has 0 saturated carbocycles. The molecule has 0 heterocycles. The highest BCUT2D eigenvalue weighted by molar-refractivity contribution is 6.74. The molecule has 102 valence electrons. The molecule has 1 atom stereocenters. The van der Waals surface area contributed by atoms with E-state index in [9.17, 15) is 0 Å². The van der Waals surface area contributed by atoms with Crippen LogP contribution >= 0.6 is 0 Å². The lowest BCUT2D eigenvalue weighted by Gasteiger charge is -2.35. The molecule has 0 radical (unpaired) electrons. The molecule has 0 aromatic heterocycles. The van der Waals surface area contributed by atoms with Crippen molar-refractivity contribution >= 4 is 8.32 Å². The van der Waals surface area contributed by atoms with Crippen LogP contribution in [0, 0.1) is 0 Å². The van der Waals surface area contributed by atoms with Crippen LogP contribution in [0.3, 0.4) is 0 Å². The molecule has 0 aliphatic carbocycles. The molecular formula is C14H30O2Si. The third-order valence-corrected chi connectivity index (χ3v) is 7.40. The Hall–Kier alpha value is -0.283. The second kappa shape index (κ2) is 5.57. The first-order valence-corrected chi connectivity index (χ1v) is 9.28. The molecule has 0 aromatic carbocycles. The monoisotopic (exact) mass is 258 g/mol. The second-order valence-corrected chi connectivity index (χ2v) is 11.9. The van der Waals surface area contributed by atoms with E-state index in [4.69, 9.17) is 9.16 Å². The molecule has 17 heavy (non-hydrogen) atoms. The Morgan fingerprint density at radius 2 is 1.47 bits per heavy atom. The minimum atomic E-state index is -1.67. The largest absolute Gasteiger partial charge is 0.549 e. The molecule has 0 rings (SSSR count). The van der Waals surface area contributed by atoms with Crippen LogP contribution in [0.25, 0.3) is 0 Å². The molecule has 0 saturated heterocycles. The second-order valence-electron chi connectivity index (χ2n) is 7.14. The van der Waals surface area contributed by atoms with Crippen molar-refractivity contribution < 1.29 is 9.16 Å². The molecule has 0 N–H and O–H groups in total. The van der Waals surface area contributed by atoms with Gasteiger partial charge in [-0.2, -0.15) is 0 Å². The van der Waals surface area contributed by atoms with Crippen molar-refractivity contribution in [1.29, 1.82) is 0 Å². The van der Waals surface area contributed by atoms with Crippen LogP contribution in [0.15, 0.2) is 12.3 Å². The van der Waals surface area contributed by atoms with Gasteiger partial charge in [0.25, 0.3) is 0 Å². The van der Waals surface area contributed by atoms with E-state index in [-0.39, 0.29) is 16.7 Å². The van der Waals surface area contributed by atoms with Crippen molar-refractivity contribution in [2.24, 2.45) is 0 Å². The maximum Gasteiger partial charge on any atom is 0.249 e. The van der Waals surface area contributed by atoms with Gasteiger partial charge in [0.2, 0.25) is 8.32 Å². The quantitative estimate of drug-likeness (QED) is 0.536. The summed E-state index contributed by atoms with van der Waals surface area (Å²) in [4.78, 5) is 0. The molecular weight excluding hydrogens is 228 g/mol. The van der Waals surface area contributed by atoms with E-state index >= 15 is 0 Å². The van der Waals surface area contributed by atoms with Gasteiger partial charge in [0.15, 0.2) is 0 Å². The Morgan fingerprint density at radius 1 is 1.00 bits per heavy atom. The summed E-state index contributed by atoms with van der Waals surface area (Å²) >= 11 is 0. The molecule has 0 fully saturated rings. The van der Waals surface area contributed by atoms with Crippen LogP contribution < -0.4 is 0 Å². The van der Waals surface area contributed by atoms with E-state index in [1.807, 2.05) is 19.3 Å². The third kappa shape index (κ3) is 6.89. The van der Waals surface area contributed by atoms with Gasteiger partial charge >= 0.3 is 0 Å². The summed E-state index contributed by atoms with van der Waals surface area (Å²) in [6, 6.07) is 0. The molecule has 1 unspecified atom stereocenters. The summed E-state index contributed by atoms with van der Waals surface area (Å²) in [5, 5.41) is 0.242. The van der Waals surface area contributed by atoms with Crippen molar-refractivity contribution in [1.82, 2.24) is 0 Å². The average Bonchev–Trinajstić information content (AvgIpc) is 1.97. The lowest BCUT2D eigenvalue weighted by atomic mass is 10.2. The van der Waals surface area contributed by atoms with E-state index in [1.54, 1.807) is 0 Å². The Morgan fingerprint density at radius 3 is 1.82 bits per heavy atom. The molecule has 0 aliphatic rings. The van der Waals surface area contributed by atoms with Gasteiger partial charge in [-0.05, 0) is 51.9 Å². The molecule has 0 bridgehead atoms. The fourth-order valence-corrected chi connectivity index (χ4v) is 1.87. The van der Waals surface area contributed by atoms with Crippen LogP contribution in [0.2, 0.25) is 18.1 Å². The van der Waals surface area contributed by atoms with E-state index in [1.165, 1.54) is 0 Å². The first-order valence-electron chi connectivity index (χ1n) is 6.37. The summed E-state index contributed by atoms with van der Waals surface area (Å²) in [6.07, 6.45) is 3.90. The molecule has 0 spiro atoms. The summed E-state index contributed by atoms with van der Waals surface area (Å²) in [5.74, 6) is 0. The lowest BCUT2D eigenvalue weighted by Crippen LogP contribution is -2.39. The molecule has 2 nitrogen and oxygen atoms in total. The Bertz CT molecular complexity index is 256. The highest BCUT2D eigenvalue weighted by atomic mass is 28.4. The summed E-state index contributed by atoms with van der Waals surface area (Å²) in [7, 11) is -1.67. The van der Waals surface area contributed by atoms with Crippen LogP contribution in [-0.2, 0) is 9.16 Å². The lowest BCUT2D eigenvalue weighted by molar-refractivity contribution is -0.0303. The fourth-order valence-electron chi connectivity index (χ4n) is 1.09. The summed E-state index contributed by atoms with van der Waals surface area (Å²) in [6.45, 7) is 19.4. The van der Waals surface area contributed by atoms with Gasteiger partial charge in [0.05, 0.1) is 18.0 Å². The molecule has 0 aliphatic heterocycles. The Labute approximate surface area is 109 Å². The standard InChI is InChI=1S/C14H30O2Si/c1-12(16-13(2,3)4)10-11-15-17(8,9)14(5,6)7/h10-12H,1-9H3. The molecule has 3 heteroatoms. The molecule has 0 aromatic rings. The van der Waals surface area contributed by atoms with Crippen molar-refractivity contribution in [3.8, 4) is 0 Å². The Balaban J connectivity index is 4.29. The zero-order valence-corrected chi connectivity index (χ0v) is 14.0. The topological polar surface area (TPSA) is 18.5 Å². The highest BCUT2D eigenvalue weighted by Gasteiger charge is 2.37. The van der Waals surface area contributed by atoms with Gasteiger partial charge in [-0.25, -0.2) is 0 Å². The van der Waals surface area contributed by atoms with Crippen LogP contribution in [-0.4, -0.2) is 20.0 Å². The van der Waals surface area contributed by atoms with Gasteiger partial charge in [-0.1, -0.05) is 20.8 Å². The van der Waals surface area contributed by atoms with E-state index in [0.29, 0.717) is 0 Å². The predicted molar refractivity (Wildman–Crippen MR) is 77.7 cm³/mol. The first kappa shape index (κ1) is 16.7. The predicted octanol–water partition coefficient (Wildman–Crippen LogP) is 4.73. The maximum atomic E-state index is 5.96. The number of ether oxygens (including phenoxy) is 1. The third-order valence-electron chi connectivity index (χ3n) is 3.06. The zero-order valence-electron chi connectivity index (χ0n) is 13.0. The van der Waals surface area contributed by atoms with Gasteiger partial charge in [-0.3, -0.25) is 0 Å². The highest BCUT2D eigenvalue weighted by Crippen LogP contribution is 2.36. The van der Waals surface area contributed by atoms with Crippen LogP contribution in [0.1, 0.15) is 48.5 Å². The number of hydrogen-bond acceptors (Lipinski definition) is 2. The van der Waals surface area contributed by atoms with Gasteiger partial charge in [0, 0.05) is 0 Å². The minimum Gasteiger partial charge on any atom is -0.549 e. The van der Waals surface area contributed by atoms with Crippen molar-refractivity contribution in [3.63, 3.8) is 0 Å². The summed E-state index contributed by atoms with van der Waals surface area (Å²) in [5.41, 5.74) is -0.110. The number of rotatable bonds is 4. The Kier molecular flexibility index (Phi) is 5.48. The normalized spacial score (nSPS) is 16.3. The van der Waals surface area contributed by atoms with Gasteiger partial charge < -0.3 is 9.16 Å². The first-order chi connectivity index (χ1) is 7.35. The SMILES string of the molecule is CC(C=CO[Si](C)(C)C(C)(C)C)OC(C)(C)C. The smallest absolute Gasteiger partial charge is 0.249 e. The van der Waals surface area contributed by atoms with Crippen LogP contribution in [0.5, 0.6) is 0 Å². The van der Waals surface area contributed by atoms with Gasteiger partial charge in [0.1, 0.15) is 0 Å².